The molecule has 0 spiro atoms. The molecular formula is C27H41N3O5S. The number of nitrogens with one attached hydrogen (secondary N) is 1. The van der Waals surface area contributed by atoms with Crippen molar-refractivity contribution in [2.45, 2.75) is 84.0 Å². The van der Waals surface area contributed by atoms with Crippen molar-refractivity contribution in [1.82, 2.24) is 0 Å². The molecule has 0 fully saturated rings. The molecule has 0 amide bonds. The van der Waals surface area contributed by atoms with Crippen LogP contribution in [-0.2, 0) is 14.6 Å². The smallest absolute Gasteiger partial charge is 0.426 e. The molecule has 0 heterocycles. The number of anilines is 2. The zero-order valence-corrected chi connectivity index (χ0v) is 22.5. The van der Waals surface area contributed by atoms with Gasteiger partial charge in [0, 0.05) is 23.5 Å². The molecule has 0 bridgehead atoms. The average Bonchev–Trinajstić information content (AvgIpc) is 2.87. The summed E-state index contributed by atoms with van der Waals surface area (Å²) in [6.45, 7) is 2.26. The van der Waals surface area contributed by atoms with Crippen molar-refractivity contribution in [3.05, 3.63) is 53.5 Å². The van der Waals surface area contributed by atoms with Crippen molar-refractivity contribution in [3.63, 3.8) is 0 Å². The highest BCUT2D eigenvalue weighted by Crippen LogP contribution is 2.31. The van der Waals surface area contributed by atoms with E-state index in [1.54, 1.807) is 12.1 Å². The van der Waals surface area contributed by atoms with Gasteiger partial charge in [0.25, 0.3) is 0 Å². The predicted octanol–water partition coefficient (Wildman–Crippen LogP) is 8.09. The average molecular weight is 520 g/mol. The van der Waals surface area contributed by atoms with Gasteiger partial charge >= 0.3 is 5.69 Å². The number of unbranched alkanes of at least 4 members (excludes halogenated alkanes) is 11. The Hall–Kier alpha value is -2.67. The molecule has 1 N–H and O–H groups in total. The maximum Gasteiger partial charge on any atom is 0.426 e. The van der Waals surface area contributed by atoms with Gasteiger partial charge in [0.1, 0.15) is 0 Å². The number of hydrogen-bond donors (Lipinski definition) is 1. The second-order valence-corrected chi connectivity index (χ2v) is 9.65. The quantitative estimate of drug-likeness (QED) is 0.0971. The van der Waals surface area contributed by atoms with Crippen LogP contribution >= 0.6 is 0 Å². The lowest BCUT2D eigenvalue weighted by atomic mass is 10.1. The molecule has 200 valence electrons. The fourth-order valence-electron chi connectivity index (χ4n) is 3.63. The zero-order valence-electron chi connectivity index (χ0n) is 21.7. The molecule has 0 saturated heterocycles. The maximum absolute atomic E-state index is 10.2. The van der Waals surface area contributed by atoms with Crippen LogP contribution in [0.25, 0.3) is 4.98 Å². The van der Waals surface area contributed by atoms with E-state index in [9.17, 15) is 13.0 Å². The number of ether oxygens (including phenoxy) is 1. The Bertz CT molecular complexity index is 979. The van der Waals surface area contributed by atoms with E-state index in [2.05, 4.69) is 21.4 Å². The molecule has 0 aliphatic rings. The Morgan fingerprint density at radius 2 is 1.39 bits per heavy atom. The van der Waals surface area contributed by atoms with E-state index >= 15 is 0 Å². The third-order valence-corrected chi connectivity index (χ3v) is 6.03. The second kappa shape index (κ2) is 19.5. The Kier molecular flexibility index (Phi) is 17.0. The van der Waals surface area contributed by atoms with Crippen LogP contribution in [0.4, 0.5) is 17.1 Å². The van der Waals surface area contributed by atoms with Gasteiger partial charge < -0.3 is 14.6 Å². The lowest BCUT2D eigenvalue weighted by Gasteiger charge is -2.07. The Balaban J connectivity index is 0.000000361. The first-order valence-corrected chi connectivity index (χ1v) is 14.2. The van der Waals surface area contributed by atoms with Crippen LogP contribution in [0, 0.1) is 5.39 Å². The zero-order chi connectivity index (χ0) is 26.5. The summed E-state index contributed by atoms with van der Waals surface area (Å²) in [5.74, 6) is 0.522. The normalized spacial score (nSPS) is 10.7. The molecule has 0 radical (unpaired) electrons. The van der Waals surface area contributed by atoms with Gasteiger partial charge in [-0.15, -0.1) is 0 Å². The van der Waals surface area contributed by atoms with Gasteiger partial charge in [0.2, 0.25) is 21.5 Å². The molecule has 2 rings (SSSR count). The fourth-order valence-corrected chi connectivity index (χ4v) is 3.95. The molecule has 2 aromatic rings. The standard InChI is InChI=1S/C14H30O4S.C13H12N3O/c1-2-3-4-5-6-7-8-9-10-11-12-13-14-18-19(15,16)17;1-17-13-9-11(7-8-12(13)16-14)15-10-5-3-2-4-6-10/h2-14H2,1H3,(H,15,16,17);2-9,15H,1H3/q;+1/p-1. The van der Waals surface area contributed by atoms with Gasteiger partial charge in [-0.05, 0) is 24.6 Å². The summed E-state index contributed by atoms with van der Waals surface area (Å²) in [6, 6.07) is 15.1. The van der Waals surface area contributed by atoms with E-state index in [4.69, 9.17) is 10.1 Å². The molecule has 0 unspecified atom stereocenters. The summed E-state index contributed by atoms with van der Waals surface area (Å²) in [5.41, 5.74) is 2.27. The molecule has 2 aromatic carbocycles. The third-order valence-electron chi connectivity index (χ3n) is 5.58. The number of rotatable bonds is 17. The van der Waals surface area contributed by atoms with Crippen LogP contribution in [0.3, 0.4) is 0 Å². The van der Waals surface area contributed by atoms with Crippen LogP contribution in [0.1, 0.15) is 84.0 Å². The third kappa shape index (κ3) is 16.1. The molecule has 8 nitrogen and oxygen atoms in total. The van der Waals surface area contributed by atoms with E-state index in [1.807, 2.05) is 36.4 Å². The van der Waals surface area contributed by atoms with Gasteiger partial charge in [-0.2, -0.15) is 0 Å². The molecule has 0 aliphatic heterocycles. The van der Waals surface area contributed by atoms with Gasteiger partial charge in [-0.1, -0.05) is 95.8 Å². The monoisotopic (exact) mass is 519 g/mol. The summed E-state index contributed by atoms with van der Waals surface area (Å²) in [4.78, 5) is 3.14. The van der Waals surface area contributed by atoms with Gasteiger partial charge in [0.15, 0.2) is 4.98 Å². The molecule has 0 saturated carbocycles. The summed E-state index contributed by atoms with van der Waals surface area (Å²) < 4.78 is 39.7. The molecular weight excluding hydrogens is 478 g/mol. The topological polar surface area (TPSA) is 116 Å². The molecule has 36 heavy (non-hydrogen) atoms. The lowest BCUT2D eigenvalue weighted by Crippen LogP contribution is -2.05. The highest BCUT2D eigenvalue weighted by atomic mass is 32.3. The number of nitrogens with zero attached hydrogens (tertiary/aromatic N) is 2. The number of diazo groups is 1. The van der Waals surface area contributed by atoms with Crippen molar-refractivity contribution in [3.8, 4) is 5.75 Å². The largest absolute Gasteiger partial charge is 0.726 e. The van der Waals surface area contributed by atoms with Crippen LogP contribution in [0.2, 0.25) is 0 Å². The summed E-state index contributed by atoms with van der Waals surface area (Å²) >= 11 is 0. The van der Waals surface area contributed by atoms with Crippen molar-refractivity contribution in [2.75, 3.05) is 19.0 Å². The first-order chi connectivity index (χ1) is 17.4. The van der Waals surface area contributed by atoms with Gasteiger partial charge in [-0.3, -0.25) is 4.18 Å². The number of benzene rings is 2. The fraction of sp³-hybridized carbons (Fsp3) is 0.556. The van der Waals surface area contributed by atoms with E-state index in [1.165, 1.54) is 64.9 Å². The Morgan fingerprint density at radius 3 is 1.89 bits per heavy atom. The van der Waals surface area contributed by atoms with Gasteiger partial charge in [-0.25, -0.2) is 8.42 Å². The number of para-hydroxylation sites is 1. The van der Waals surface area contributed by atoms with Crippen molar-refractivity contribution < 1.29 is 21.9 Å². The minimum atomic E-state index is -4.49. The van der Waals surface area contributed by atoms with E-state index < -0.39 is 10.4 Å². The van der Waals surface area contributed by atoms with Crippen LogP contribution in [0.5, 0.6) is 5.75 Å². The SMILES string of the molecule is CCCCCCCCCCCCCCOS(=O)(=O)[O-].COc1cc(Nc2ccccc2)ccc1[N+]#N. The van der Waals surface area contributed by atoms with E-state index in [0.29, 0.717) is 17.9 Å². The second-order valence-electron chi connectivity index (χ2n) is 8.60. The molecule has 0 aromatic heterocycles. The number of hydrogen-bond acceptors (Lipinski definition) is 7. The highest BCUT2D eigenvalue weighted by molar-refractivity contribution is 7.80. The summed E-state index contributed by atoms with van der Waals surface area (Å²) in [6.07, 6.45) is 14.5. The maximum atomic E-state index is 10.2. The molecule has 9 heteroatoms. The van der Waals surface area contributed by atoms with E-state index in [0.717, 1.165) is 24.2 Å². The highest BCUT2D eigenvalue weighted by Gasteiger charge is 2.14. The minimum absolute atomic E-state index is 0.0310. The van der Waals surface area contributed by atoms with Gasteiger partial charge in [0.05, 0.1) is 13.7 Å². The first kappa shape index (κ1) is 31.4. The lowest BCUT2D eigenvalue weighted by molar-refractivity contribution is 0.255. The Morgan fingerprint density at radius 1 is 0.833 bits per heavy atom. The van der Waals surface area contributed by atoms with Crippen LogP contribution < -0.4 is 10.1 Å². The van der Waals surface area contributed by atoms with Crippen LogP contribution in [0.15, 0.2) is 48.5 Å². The summed E-state index contributed by atoms with van der Waals surface area (Å²) in [5, 5.41) is 12.0. The van der Waals surface area contributed by atoms with Crippen molar-refractivity contribution in [1.29, 1.82) is 5.39 Å². The molecule has 0 atom stereocenters. The van der Waals surface area contributed by atoms with Crippen molar-refractivity contribution in [2.24, 2.45) is 0 Å². The minimum Gasteiger partial charge on any atom is -0.726 e. The number of methoxy groups -OCH3 is 1. The molecule has 0 aliphatic carbocycles. The summed E-state index contributed by atoms with van der Waals surface area (Å²) in [7, 11) is -2.95. The van der Waals surface area contributed by atoms with Crippen molar-refractivity contribution >= 4 is 27.5 Å². The van der Waals surface area contributed by atoms with E-state index in [-0.39, 0.29) is 6.61 Å². The van der Waals surface area contributed by atoms with Crippen LogP contribution in [-0.4, -0.2) is 26.7 Å². The predicted molar refractivity (Wildman–Crippen MR) is 144 cm³/mol. The Labute approximate surface area is 217 Å². The first-order valence-electron chi connectivity index (χ1n) is 12.8.